The van der Waals surface area contributed by atoms with E-state index in [9.17, 15) is 9.18 Å². The molecule has 3 rings (SSSR count). The molecule has 114 valence electrons. The smallest absolute Gasteiger partial charge is 0.211 e. The van der Waals surface area contributed by atoms with Gasteiger partial charge in [-0.25, -0.2) is 0 Å². The van der Waals surface area contributed by atoms with Crippen molar-refractivity contribution in [2.24, 2.45) is 0 Å². The van der Waals surface area contributed by atoms with Gasteiger partial charge in [0.05, 0.1) is 18.8 Å². The van der Waals surface area contributed by atoms with Gasteiger partial charge in [0.1, 0.15) is 5.75 Å². The van der Waals surface area contributed by atoms with Crippen LogP contribution in [0.4, 0.5) is 10.1 Å². The number of unbranched alkanes of at least 4 members (excludes halogenated alkanes) is 1. The Morgan fingerprint density at radius 3 is 2.64 bits per heavy atom. The zero-order valence-electron chi connectivity index (χ0n) is 12.1. The zero-order valence-corrected chi connectivity index (χ0v) is 12.1. The largest absolute Gasteiger partial charge is 0.494 e. The molecule has 1 amide bonds. The number of halogens is 1. The quantitative estimate of drug-likeness (QED) is 0.511. The Morgan fingerprint density at radius 1 is 1.09 bits per heavy atom. The van der Waals surface area contributed by atoms with E-state index >= 15 is 0 Å². The molecular formula is C17H17FN2O2. The van der Waals surface area contributed by atoms with Gasteiger partial charge in [-0.15, -0.1) is 0 Å². The molecule has 4 nitrogen and oxygen atoms in total. The summed E-state index contributed by atoms with van der Waals surface area (Å²) in [4.78, 5) is 13.8. The maximum Gasteiger partial charge on any atom is 0.211 e. The van der Waals surface area contributed by atoms with Crippen molar-refractivity contribution >= 4 is 33.9 Å². The van der Waals surface area contributed by atoms with Crippen LogP contribution in [0.25, 0.3) is 21.8 Å². The lowest BCUT2D eigenvalue weighted by Gasteiger charge is -2.05. The van der Waals surface area contributed by atoms with Crippen LogP contribution in [-0.4, -0.2) is 24.7 Å². The Kier molecular flexibility index (Phi) is 4.23. The van der Waals surface area contributed by atoms with Crippen LogP contribution in [0.15, 0.2) is 36.4 Å². The van der Waals surface area contributed by atoms with E-state index in [0.717, 1.165) is 33.2 Å². The number of fused-ring (bicyclic) bond motifs is 3. The van der Waals surface area contributed by atoms with Gasteiger partial charge in [0, 0.05) is 28.0 Å². The molecule has 5 heteroatoms. The fraction of sp³-hybridized carbons (Fsp3) is 0.235. The van der Waals surface area contributed by atoms with Crippen molar-refractivity contribution in [3.8, 4) is 5.75 Å². The van der Waals surface area contributed by atoms with Crippen molar-refractivity contribution in [2.45, 2.75) is 12.8 Å². The maximum absolute atomic E-state index is 12.0. The third-order valence-electron chi connectivity index (χ3n) is 3.59. The molecule has 0 saturated carbocycles. The summed E-state index contributed by atoms with van der Waals surface area (Å²) >= 11 is 0. The van der Waals surface area contributed by atoms with E-state index in [2.05, 4.69) is 10.3 Å². The number of hydrogen-bond donors (Lipinski definition) is 2. The van der Waals surface area contributed by atoms with Crippen LogP contribution in [0.3, 0.4) is 0 Å². The van der Waals surface area contributed by atoms with Crippen LogP contribution in [0.5, 0.6) is 5.75 Å². The normalized spacial score (nSPS) is 11.0. The highest BCUT2D eigenvalue weighted by Gasteiger charge is 2.06. The molecule has 0 bridgehead atoms. The number of hydrogen-bond acceptors (Lipinski definition) is 2. The lowest BCUT2D eigenvalue weighted by molar-refractivity contribution is -0.105. The number of aromatic nitrogens is 1. The Hall–Kier alpha value is -2.56. The second-order valence-corrected chi connectivity index (χ2v) is 5.10. The van der Waals surface area contributed by atoms with Crippen molar-refractivity contribution in [1.82, 2.24) is 4.98 Å². The highest BCUT2D eigenvalue weighted by atomic mass is 19.1. The summed E-state index contributed by atoms with van der Waals surface area (Å²) in [6.45, 7) is 0.213. The Bertz CT molecular complexity index is 798. The van der Waals surface area contributed by atoms with Crippen molar-refractivity contribution in [3.63, 3.8) is 0 Å². The number of carbonyl (C=O) groups is 1. The average Bonchev–Trinajstić information content (AvgIpc) is 2.88. The predicted molar refractivity (Wildman–Crippen MR) is 86.2 cm³/mol. The molecule has 22 heavy (non-hydrogen) atoms. The minimum Gasteiger partial charge on any atom is -0.494 e. The Labute approximate surface area is 127 Å². The SMILES string of the molecule is O=CNc1ccc2c(c1)[nH]c1cc(OCCCCF)ccc12. The van der Waals surface area contributed by atoms with E-state index in [-0.39, 0.29) is 6.67 Å². The second-order valence-electron chi connectivity index (χ2n) is 5.10. The molecule has 2 aromatic carbocycles. The van der Waals surface area contributed by atoms with Gasteiger partial charge < -0.3 is 15.0 Å². The highest BCUT2D eigenvalue weighted by molar-refractivity contribution is 6.08. The first-order valence-corrected chi connectivity index (χ1v) is 7.26. The molecule has 0 aliphatic heterocycles. The zero-order chi connectivity index (χ0) is 15.4. The number of anilines is 1. The molecule has 0 radical (unpaired) electrons. The van der Waals surface area contributed by atoms with Gasteiger partial charge in [-0.05, 0) is 37.1 Å². The second kappa shape index (κ2) is 6.47. The lowest BCUT2D eigenvalue weighted by atomic mass is 10.1. The first-order chi connectivity index (χ1) is 10.8. The molecule has 2 N–H and O–H groups in total. The average molecular weight is 300 g/mol. The van der Waals surface area contributed by atoms with E-state index in [1.807, 2.05) is 36.4 Å². The molecule has 0 aliphatic rings. The standard InChI is InChI=1S/C17H17FN2O2/c18-7-1-2-8-22-13-4-6-15-14-5-3-12(19-11-21)9-16(14)20-17(15)10-13/h3-6,9-11,20H,1-2,7-8H2,(H,19,21). The number of ether oxygens (including phenoxy) is 1. The summed E-state index contributed by atoms with van der Waals surface area (Å²) in [7, 11) is 0. The Morgan fingerprint density at radius 2 is 1.86 bits per heavy atom. The number of nitrogens with one attached hydrogen (secondary N) is 2. The number of benzene rings is 2. The molecular weight excluding hydrogens is 283 g/mol. The van der Waals surface area contributed by atoms with E-state index in [1.165, 1.54) is 0 Å². The van der Waals surface area contributed by atoms with Gasteiger partial charge in [-0.1, -0.05) is 6.07 Å². The van der Waals surface area contributed by atoms with Gasteiger partial charge >= 0.3 is 0 Å². The highest BCUT2D eigenvalue weighted by Crippen LogP contribution is 2.30. The topological polar surface area (TPSA) is 54.1 Å². The molecule has 3 aromatic rings. The van der Waals surface area contributed by atoms with Gasteiger partial charge in [0.25, 0.3) is 0 Å². The first kappa shape index (κ1) is 14.4. The Balaban J connectivity index is 1.88. The molecule has 0 aliphatic carbocycles. The minimum atomic E-state index is -0.304. The molecule has 0 fully saturated rings. The summed E-state index contributed by atoms with van der Waals surface area (Å²) in [5, 5.41) is 4.83. The first-order valence-electron chi connectivity index (χ1n) is 7.26. The van der Waals surface area contributed by atoms with Crippen LogP contribution in [0.2, 0.25) is 0 Å². The van der Waals surface area contributed by atoms with Crippen LogP contribution < -0.4 is 10.1 Å². The van der Waals surface area contributed by atoms with E-state index in [1.54, 1.807) is 0 Å². The molecule has 0 spiro atoms. The molecule has 0 atom stereocenters. The van der Waals surface area contributed by atoms with E-state index < -0.39 is 0 Å². The summed E-state index contributed by atoms with van der Waals surface area (Å²) in [5.41, 5.74) is 2.68. The summed E-state index contributed by atoms with van der Waals surface area (Å²) in [5.74, 6) is 0.768. The monoisotopic (exact) mass is 300 g/mol. The molecule has 0 saturated heterocycles. The van der Waals surface area contributed by atoms with Crippen LogP contribution in [-0.2, 0) is 4.79 Å². The van der Waals surface area contributed by atoms with Crippen molar-refractivity contribution in [1.29, 1.82) is 0 Å². The van der Waals surface area contributed by atoms with Crippen molar-refractivity contribution < 1.29 is 13.9 Å². The van der Waals surface area contributed by atoms with E-state index in [0.29, 0.717) is 25.9 Å². The molecule has 0 unspecified atom stereocenters. The number of carbonyl (C=O) groups excluding carboxylic acids is 1. The van der Waals surface area contributed by atoms with Crippen LogP contribution in [0, 0.1) is 0 Å². The predicted octanol–water partition coefficient (Wildman–Crippen LogP) is 4.02. The number of H-pyrrole nitrogens is 1. The fourth-order valence-electron chi connectivity index (χ4n) is 2.52. The van der Waals surface area contributed by atoms with Gasteiger partial charge in [0.15, 0.2) is 0 Å². The molecule has 1 heterocycles. The van der Waals surface area contributed by atoms with Crippen LogP contribution >= 0.6 is 0 Å². The number of rotatable bonds is 7. The number of amides is 1. The number of aromatic amines is 1. The van der Waals surface area contributed by atoms with Gasteiger partial charge in [0.2, 0.25) is 6.41 Å². The summed E-state index contributed by atoms with van der Waals surface area (Å²) < 4.78 is 17.7. The summed E-state index contributed by atoms with van der Waals surface area (Å²) in [6.07, 6.45) is 1.90. The maximum atomic E-state index is 12.0. The minimum absolute atomic E-state index is 0.304. The fourth-order valence-corrected chi connectivity index (χ4v) is 2.52. The van der Waals surface area contributed by atoms with Crippen molar-refractivity contribution in [2.75, 3.05) is 18.6 Å². The lowest BCUT2D eigenvalue weighted by Crippen LogP contribution is -1.97. The molecule has 1 aromatic heterocycles. The van der Waals surface area contributed by atoms with Gasteiger partial charge in [-0.2, -0.15) is 0 Å². The van der Waals surface area contributed by atoms with E-state index in [4.69, 9.17) is 4.74 Å². The van der Waals surface area contributed by atoms with Crippen molar-refractivity contribution in [3.05, 3.63) is 36.4 Å². The number of alkyl halides is 1. The van der Waals surface area contributed by atoms with Gasteiger partial charge in [-0.3, -0.25) is 9.18 Å². The summed E-state index contributed by atoms with van der Waals surface area (Å²) in [6, 6.07) is 11.6. The third-order valence-corrected chi connectivity index (χ3v) is 3.59. The van der Waals surface area contributed by atoms with Crippen LogP contribution in [0.1, 0.15) is 12.8 Å². The third kappa shape index (κ3) is 2.88.